The number of alkyl halides is 1. The van der Waals surface area contributed by atoms with Crippen molar-refractivity contribution in [3.63, 3.8) is 0 Å². The second-order valence-electron chi connectivity index (χ2n) is 0.189. The van der Waals surface area contributed by atoms with Crippen molar-refractivity contribution >= 4 is 0 Å². The van der Waals surface area contributed by atoms with Gasteiger partial charge in [0, 0.05) is 167 Å². The smallest absolute Gasteiger partial charge is 0 e. The molecule has 0 heterocycles. The van der Waals surface area contributed by atoms with Crippen LogP contribution in [0.1, 0.15) is 0 Å². The summed E-state index contributed by atoms with van der Waals surface area (Å²) in [5.74, 6) is 0. The van der Waals surface area contributed by atoms with E-state index in [2.05, 4.69) is 6.92 Å². The molecule has 0 aliphatic carbocycles. The van der Waals surface area contributed by atoms with Gasteiger partial charge in [0.15, 0.2) is 0 Å². The summed E-state index contributed by atoms with van der Waals surface area (Å²) >= 11 is 0. The van der Waals surface area contributed by atoms with Crippen LogP contribution in [0, 0.1) is 6.92 Å². The van der Waals surface area contributed by atoms with Gasteiger partial charge in [0.1, 0.15) is 0 Å². The van der Waals surface area contributed by atoms with Gasteiger partial charge in [-0.3, -0.25) is 4.39 Å². The van der Waals surface area contributed by atoms with Gasteiger partial charge in [-0.15, -0.1) is 0 Å². The molecule has 0 fully saturated rings. The molecule has 0 spiro atoms. The molecule has 12 heavy (non-hydrogen) atoms. The largest absolute Gasteiger partial charge is 0.313 e. The Hall–Kier alpha value is 5.19. The molecular weight excluding hydrogens is 502 g/mol. The first-order valence-electron chi connectivity index (χ1n) is 0.767. The maximum absolute atomic E-state index is 10.2. The van der Waals surface area contributed by atoms with Crippen LogP contribution in [0.4, 0.5) is 4.39 Å². The number of halogens is 1. The van der Waals surface area contributed by atoms with E-state index in [9.17, 15) is 4.39 Å². The topological polar surface area (TPSA) is 0 Å². The summed E-state index contributed by atoms with van der Waals surface area (Å²) in [5, 5.41) is 0. The van der Waals surface area contributed by atoms with E-state index in [0.29, 0.717) is 0 Å². The van der Waals surface area contributed by atoms with Crippen molar-refractivity contribution in [2.24, 2.45) is 0 Å². The Balaban J connectivity index is -0.000000000556. The van der Waals surface area contributed by atoms with Crippen LogP contribution in [-0.2, 0) is 167 Å². The van der Waals surface area contributed by atoms with Crippen molar-refractivity contribution in [3.05, 3.63) is 6.92 Å². The van der Waals surface area contributed by atoms with Crippen LogP contribution < -0.4 is 0 Å². The second-order valence-corrected chi connectivity index (χ2v) is 0.189. The first-order chi connectivity index (χ1) is 1.41. The van der Waals surface area contributed by atoms with E-state index in [1.807, 2.05) is 0 Å². The van der Waals surface area contributed by atoms with E-state index in [0.717, 1.165) is 0 Å². The third kappa shape index (κ3) is 114. The Morgan fingerprint density at radius 1 is 0.583 bits per heavy atom. The molecule has 0 nitrogen and oxygen atoms in total. The molecule has 10 heteroatoms. The van der Waals surface area contributed by atoms with Gasteiger partial charge < -0.3 is 6.92 Å². The molecule has 0 aromatic carbocycles. The van der Waals surface area contributed by atoms with Crippen LogP contribution >= 0.6 is 0 Å². The molecular formula is C2H4FV9-. The maximum Gasteiger partial charge on any atom is 0 e. The normalized spacial score (nSPS) is 1.50. The molecule has 0 saturated carbocycles. The molecule has 0 unspecified atom stereocenters. The van der Waals surface area contributed by atoms with Gasteiger partial charge in [0.25, 0.3) is 0 Å². The van der Waals surface area contributed by atoms with Crippen LogP contribution in [0.2, 0.25) is 0 Å². The average molecular weight is 506 g/mol. The zero-order valence-electron chi connectivity index (χ0n) is 5.82. The third-order valence-electron chi connectivity index (χ3n) is 0. The fourth-order valence-corrected chi connectivity index (χ4v) is 0. The van der Waals surface area contributed by atoms with Crippen LogP contribution in [0.5, 0.6) is 0 Å². The van der Waals surface area contributed by atoms with Crippen LogP contribution in [0.25, 0.3) is 0 Å². The third-order valence-corrected chi connectivity index (χ3v) is 0. The minimum Gasteiger partial charge on any atom is -0.313 e. The van der Waals surface area contributed by atoms with E-state index < -0.39 is 6.67 Å². The standard InChI is InChI=1S/C2H4F.9V/c1-2-3;;;;;;;;;/h1-2H2;;;;;;;;;/q-1;;;;;;;;;. The van der Waals surface area contributed by atoms with Crippen molar-refractivity contribution in [1.29, 1.82) is 0 Å². The van der Waals surface area contributed by atoms with Crippen molar-refractivity contribution in [1.82, 2.24) is 0 Å². The predicted molar refractivity (Wildman–Crippen MR) is 11.3 cm³/mol. The Kier molecular flexibility index (Phi) is 708. The molecule has 65 valence electrons. The summed E-state index contributed by atoms with van der Waals surface area (Å²) in [7, 11) is 0. The molecule has 0 aromatic heterocycles. The van der Waals surface area contributed by atoms with Gasteiger partial charge >= 0.3 is 0 Å². The van der Waals surface area contributed by atoms with Gasteiger partial charge in [0.2, 0.25) is 0 Å². The summed E-state index contributed by atoms with van der Waals surface area (Å²) in [5.41, 5.74) is 0. The summed E-state index contributed by atoms with van der Waals surface area (Å²) in [6.07, 6.45) is 0. The Labute approximate surface area is 181 Å². The molecule has 0 saturated heterocycles. The minimum absolute atomic E-state index is 0. The maximum atomic E-state index is 10.2. The first kappa shape index (κ1) is 87.2. The molecule has 0 amide bonds. The van der Waals surface area contributed by atoms with Gasteiger partial charge in [-0.05, 0) is 6.67 Å². The predicted octanol–water partition coefficient (Wildman–Crippen LogP) is 0.767. The minimum atomic E-state index is -0.500. The molecule has 0 aromatic rings. The zero-order chi connectivity index (χ0) is 2.71. The average Bonchev–Trinajstić information content (AvgIpc) is 0.918. The molecule has 0 atom stereocenters. The van der Waals surface area contributed by atoms with Gasteiger partial charge in [0.05, 0.1) is 0 Å². The molecule has 0 bridgehead atoms. The molecule has 0 rings (SSSR count). The summed E-state index contributed by atoms with van der Waals surface area (Å²) in [4.78, 5) is 0. The fraction of sp³-hybridized carbons (Fsp3) is 0.500. The van der Waals surface area contributed by atoms with Crippen molar-refractivity contribution < 1.29 is 171 Å². The SMILES string of the molecule is [CH2-]CF.[V].[V].[V].[V].[V].[V].[V].[V].[V]. The summed E-state index contributed by atoms with van der Waals surface area (Å²) in [6.45, 7) is 2.32. The number of hydrogen-bond acceptors (Lipinski definition) is 0. The van der Waals surface area contributed by atoms with Crippen LogP contribution in [-0.4, -0.2) is 6.67 Å². The molecule has 9 radical (unpaired) electrons. The van der Waals surface area contributed by atoms with Crippen LogP contribution in [0.3, 0.4) is 0 Å². The molecule has 0 aliphatic rings. The van der Waals surface area contributed by atoms with E-state index in [1.165, 1.54) is 0 Å². The Morgan fingerprint density at radius 2 is 0.583 bits per heavy atom. The van der Waals surface area contributed by atoms with E-state index in [4.69, 9.17) is 0 Å². The van der Waals surface area contributed by atoms with E-state index >= 15 is 0 Å². The first-order valence-corrected chi connectivity index (χ1v) is 0.767. The van der Waals surface area contributed by atoms with Gasteiger partial charge in [-0.1, -0.05) is 0 Å². The number of hydrogen-bond donors (Lipinski definition) is 0. The zero-order valence-corrected chi connectivity index (χ0v) is 18.4. The summed E-state index contributed by atoms with van der Waals surface area (Å²) < 4.78 is 10.2. The monoisotopic (exact) mass is 506 g/mol. The van der Waals surface area contributed by atoms with Crippen LogP contribution in [0.15, 0.2) is 0 Å². The van der Waals surface area contributed by atoms with Gasteiger partial charge in [-0.25, -0.2) is 0 Å². The van der Waals surface area contributed by atoms with E-state index in [-0.39, 0.29) is 167 Å². The quantitative estimate of drug-likeness (QED) is 0.427. The van der Waals surface area contributed by atoms with Crippen molar-refractivity contribution in [2.45, 2.75) is 0 Å². The van der Waals surface area contributed by atoms with Crippen molar-refractivity contribution in [2.75, 3.05) is 6.67 Å². The van der Waals surface area contributed by atoms with Crippen molar-refractivity contribution in [3.8, 4) is 0 Å². The van der Waals surface area contributed by atoms with Gasteiger partial charge in [-0.2, -0.15) is 0 Å². The Bertz CT molecular complexity index is 12.5. The fourth-order valence-electron chi connectivity index (χ4n) is 0. The second kappa shape index (κ2) is 97.5. The Morgan fingerprint density at radius 3 is 0.583 bits per heavy atom. The molecule has 0 N–H and O–H groups in total. The molecule has 0 aliphatic heterocycles. The van der Waals surface area contributed by atoms with E-state index in [1.54, 1.807) is 0 Å². The summed E-state index contributed by atoms with van der Waals surface area (Å²) in [6, 6.07) is 0. The number of rotatable bonds is 0.